The fraction of sp³-hybridized carbons (Fsp3) is 0.316. The topological polar surface area (TPSA) is 75.7 Å². The van der Waals surface area contributed by atoms with E-state index in [1.165, 1.54) is 16.4 Å². The van der Waals surface area contributed by atoms with E-state index < -0.39 is 39.1 Å². The van der Waals surface area contributed by atoms with E-state index in [4.69, 9.17) is 16.3 Å². The quantitative estimate of drug-likeness (QED) is 0.701. The molecule has 0 radical (unpaired) electrons. The standard InChI is InChI=1S/C19H18ClF3N2O4S/c1-10-8-25(9-11(2)29-10)30(27,28)18-5-12(3-4-13(18)20)19(26)24-17-7-15(22)14(21)6-16(17)23/h3-7,10-11H,8-9H2,1-2H3,(H,24,26). The van der Waals surface area contributed by atoms with Gasteiger partial charge in [-0.1, -0.05) is 11.6 Å². The normalized spacial score (nSPS) is 20.2. The number of hydrogen-bond acceptors (Lipinski definition) is 4. The molecule has 0 spiro atoms. The molecule has 1 heterocycles. The van der Waals surface area contributed by atoms with E-state index in [9.17, 15) is 26.4 Å². The molecule has 2 aromatic carbocycles. The summed E-state index contributed by atoms with van der Waals surface area (Å²) in [5, 5.41) is 1.99. The molecule has 0 saturated carbocycles. The summed E-state index contributed by atoms with van der Waals surface area (Å²) in [5.74, 6) is -4.85. The van der Waals surface area contributed by atoms with Crippen LogP contribution in [0.3, 0.4) is 0 Å². The number of carbonyl (C=O) groups is 1. The molecule has 11 heteroatoms. The highest BCUT2D eigenvalue weighted by Gasteiger charge is 2.34. The van der Waals surface area contributed by atoms with Gasteiger partial charge in [-0.2, -0.15) is 4.31 Å². The molecule has 0 aliphatic carbocycles. The molecule has 1 saturated heterocycles. The van der Waals surface area contributed by atoms with E-state index in [1.807, 2.05) is 0 Å². The number of carbonyl (C=O) groups excluding carboxylic acids is 1. The summed E-state index contributed by atoms with van der Waals surface area (Å²) in [7, 11) is -4.05. The van der Waals surface area contributed by atoms with Crippen molar-refractivity contribution in [3.8, 4) is 0 Å². The summed E-state index contributed by atoms with van der Waals surface area (Å²) in [4.78, 5) is 12.2. The first-order chi connectivity index (χ1) is 14.0. The van der Waals surface area contributed by atoms with Crippen LogP contribution in [-0.4, -0.2) is 43.9 Å². The molecule has 1 fully saturated rings. The summed E-state index contributed by atoms with van der Waals surface area (Å²) in [6, 6.07) is 4.29. The van der Waals surface area contributed by atoms with Crippen LogP contribution in [0.4, 0.5) is 18.9 Å². The van der Waals surface area contributed by atoms with E-state index in [-0.39, 0.29) is 40.8 Å². The fourth-order valence-electron chi connectivity index (χ4n) is 3.12. The van der Waals surface area contributed by atoms with Crippen molar-refractivity contribution in [2.75, 3.05) is 18.4 Å². The molecule has 2 unspecified atom stereocenters. The predicted molar refractivity (Wildman–Crippen MR) is 104 cm³/mol. The van der Waals surface area contributed by atoms with Crippen molar-refractivity contribution in [3.63, 3.8) is 0 Å². The van der Waals surface area contributed by atoms with Gasteiger partial charge in [0.15, 0.2) is 11.6 Å². The van der Waals surface area contributed by atoms with Gasteiger partial charge in [0.05, 0.1) is 22.9 Å². The maximum absolute atomic E-state index is 13.8. The number of hydrogen-bond donors (Lipinski definition) is 1. The number of morpholine rings is 1. The molecule has 1 aliphatic heterocycles. The first kappa shape index (κ1) is 22.5. The van der Waals surface area contributed by atoms with Gasteiger partial charge < -0.3 is 10.1 Å². The van der Waals surface area contributed by atoms with Gasteiger partial charge in [0.25, 0.3) is 5.91 Å². The maximum Gasteiger partial charge on any atom is 0.255 e. The monoisotopic (exact) mass is 462 g/mol. The smallest absolute Gasteiger partial charge is 0.255 e. The van der Waals surface area contributed by atoms with E-state index in [2.05, 4.69) is 5.32 Å². The number of halogens is 4. The summed E-state index contributed by atoms with van der Waals surface area (Å²) in [6.07, 6.45) is -0.657. The number of benzene rings is 2. The van der Waals surface area contributed by atoms with Crippen molar-refractivity contribution < 1.29 is 31.1 Å². The Morgan fingerprint density at radius 3 is 2.30 bits per heavy atom. The van der Waals surface area contributed by atoms with Gasteiger partial charge in [0.1, 0.15) is 10.7 Å². The van der Waals surface area contributed by atoms with Gasteiger partial charge in [-0.3, -0.25) is 4.79 Å². The van der Waals surface area contributed by atoms with E-state index in [1.54, 1.807) is 13.8 Å². The number of nitrogens with zero attached hydrogens (tertiary/aromatic N) is 1. The van der Waals surface area contributed by atoms with Crippen LogP contribution in [0.2, 0.25) is 5.02 Å². The third-order valence-corrected chi connectivity index (χ3v) is 6.77. The van der Waals surface area contributed by atoms with Crippen LogP contribution in [0.5, 0.6) is 0 Å². The SMILES string of the molecule is CC1CN(S(=O)(=O)c2cc(C(=O)Nc3cc(F)c(F)cc3F)ccc2Cl)CC(C)O1. The van der Waals surface area contributed by atoms with Gasteiger partial charge in [-0.05, 0) is 32.0 Å². The van der Waals surface area contributed by atoms with Gasteiger partial charge in [-0.25, -0.2) is 21.6 Å². The Morgan fingerprint density at radius 2 is 1.67 bits per heavy atom. The van der Waals surface area contributed by atoms with Gasteiger partial charge in [0, 0.05) is 30.8 Å². The second-order valence-corrected chi connectivity index (χ2v) is 9.24. The van der Waals surface area contributed by atoms with Crippen molar-refractivity contribution in [3.05, 3.63) is 58.4 Å². The van der Waals surface area contributed by atoms with Crippen molar-refractivity contribution in [1.82, 2.24) is 4.31 Å². The Labute approximate surface area is 176 Å². The summed E-state index contributed by atoms with van der Waals surface area (Å²) >= 11 is 6.08. The lowest BCUT2D eigenvalue weighted by Crippen LogP contribution is -2.48. The van der Waals surface area contributed by atoms with Gasteiger partial charge >= 0.3 is 0 Å². The summed E-state index contributed by atoms with van der Waals surface area (Å²) in [5.41, 5.74) is -0.745. The molecular formula is C19H18ClF3N2O4S. The second-order valence-electron chi connectivity index (χ2n) is 6.92. The maximum atomic E-state index is 13.8. The lowest BCUT2D eigenvalue weighted by molar-refractivity contribution is -0.0440. The first-order valence-corrected chi connectivity index (χ1v) is 10.7. The number of anilines is 1. The Bertz CT molecular complexity index is 1090. The van der Waals surface area contributed by atoms with Crippen molar-refractivity contribution in [2.24, 2.45) is 0 Å². The van der Waals surface area contributed by atoms with E-state index >= 15 is 0 Å². The molecule has 3 rings (SSSR count). The van der Waals surface area contributed by atoms with Crippen LogP contribution in [-0.2, 0) is 14.8 Å². The Kier molecular flexibility index (Phi) is 6.42. The minimum Gasteiger partial charge on any atom is -0.373 e. The first-order valence-electron chi connectivity index (χ1n) is 8.90. The lowest BCUT2D eigenvalue weighted by atomic mass is 10.2. The molecule has 162 valence electrons. The third-order valence-electron chi connectivity index (χ3n) is 4.46. The second kappa shape index (κ2) is 8.54. The largest absolute Gasteiger partial charge is 0.373 e. The average Bonchev–Trinajstić information content (AvgIpc) is 2.65. The molecule has 0 bridgehead atoms. The van der Waals surface area contributed by atoms with Crippen LogP contribution in [0, 0.1) is 17.5 Å². The Balaban J connectivity index is 1.91. The highest BCUT2D eigenvalue weighted by molar-refractivity contribution is 7.89. The third kappa shape index (κ3) is 4.61. The number of rotatable bonds is 4. The Morgan fingerprint density at radius 1 is 1.07 bits per heavy atom. The molecule has 1 aliphatic rings. The number of nitrogens with one attached hydrogen (secondary N) is 1. The van der Waals surface area contributed by atoms with Crippen molar-refractivity contribution in [1.29, 1.82) is 0 Å². The zero-order chi connectivity index (χ0) is 22.2. The highest BCUT2D eigenvalue weighted by Crippen LogP contribution is 2.28. The number of amides is 1. The Hall–Kier alpha value is -2.14. The molecule has 2 aromatic rings. The van der Waals surface area contributed by atoms with E-state index in [0.29, 0.717) is 12.1 Å². The fourth-order valence-corrected chi connectivity index (χ4v) is 5.21. The molecule has 30 heavy (non-hydrogen) atoms. The minimum absolute atomic E-state index is 0.0997. The lowest BCUT2D eigenvalue weighted by Gasteiger charge is -2.34. The van der Waals surface area contributed by atoms with Crippen LogP contribution >= 0.6 is 11.6 Å². The van der Waals surface area contributed by atoms with Gasteiger partial charge in [-0.15, -0.1) is 0 Å². The summed E-state index contributed by atoms with van der Waals surface area (Å²) < 4.78 is 73.1. The molecule has 1 N–H and O–H groups in total. The van der Waals surface area contributed by atoms with E-state index in [0.717, 1.165) is 6.07 Å². The predicted octanol–water partition coefficient (Wildman–Crippen LogP) is 3.81. The van der Waals surface area contributed by atoms with Crippen molar-refractivity contribution >= 4 is 33.2 Å². The number of sulfonamides is 1. The van der Waals surface area contributed by atoms with Gasteiger partial charge in [0.2, 0.25) is 10.0 Å². The molecular weight excluding hydrogens is 445 g/mol. The zero-order valence-electron chi connectivity index (χ0n) is 16.0. The van der Waals surface area contributed by atoms with Crippen LogP contribution in [0.15, 0.2) is 35.2 Å². The average molecular weight is 463 g/mol. The highest BCUT2D eigenvalue weighted by atomic mass is 35.5. The minimum atomic E-state index is -4.05. The molecule has 1 amide bonds. The van der Waals surface area contributed by atoms with Crippen molar-refractivity contribution in [2.45, 2.75) is 31.0 Å². The summed E-state index contributed by atoms with van der Waals surface area (Å²) in [6.45, 7) is 3.69. The molecule has 2 atom stereocenters. The molecule has 6 nitrogen and oxygen atoms in total. The molecule has 0 aromatic heterocycles. The zero-order valence-corrected chi connectivity index (χ0v) is 17.5. The van der Waals surface area contributed by atoms with Crippen LogP contribution in [0.1, 0.15) is 24.2 Å². The number of ether oxygens (including phenoxy) is 1. The van der Waals surface area contributed by atoms with Crippen LogP contribution < -0.4 is 5.32 Å². The van der Waals surface area contributed by atoms with Crippen LogP contribution in [0.25, 0.3) is 0 Å².